The average molecular weight is 301 g/mol. The van der Waals surface area contributed by atoms with Gasteiger partial charge in [0.15, 0.2) is 0 Å². The van der Waals surface area contributed by atoms with Gasteiger partial charge in [-0.25, -0.2) is 12.8 Å². The van der Waals surface area contributed by atoms with E-state index in [2.05, 4.69) is 4.90 Å². The fourth-order valence-corrected chi connectivity index (χ4v) is 3.98. The molecule has 1 aromatic rings. The SMILES string of the molecule is CN(C)C1CCN(S(=O)(=O)c2ccc(N)cc2F)CC1. The molecule has 1 fully saturated rings. The van der Waals surface area contributed by atoms with Gasteiger partial charge in [-0.1, -0.05) is 0 Å². The van der Waals surface area contributed by atoms with Crippen LogP contribution in [0.5, 0.6) is 0 Å². The normalized spacial score (nSPS) is 18.6. The number of sulfonamides is 1. The molecule has 7 heteroatoms. The van der Waals surface area contributed by atoms with E-state index in [0.29, 0.717) is 19.1 Å². The summed E-state index contributed by atoms with van der Waals surface area (Å²) in [7, 11) is 0.187. The van der Waals surface area contributed by atoms with E-state index in [1.807, 2.05) is 14.1 Å². The lowest BCUT2D eigenvalue weighted by atomic mass is 10.1. The lowest BCUT2D eigenvalue weighted by Crippen LogP contribution is -2.44. The molecule has 0 aliphatic carbocycles. The zero-order valence-corrected chi connectivity index (χ0v) is 12.5. The van der Waals surface area contributed by atoms with Gasteiger partial charge in [-0.05, 0) is 45.1 Å². The minimum Gasteiger partial charge on any atom is -0.399 e. The van der Waals surface area contributed by atoms with Crippen LogP contribution in [0.3, 0.4) is 0 Å². The predicted molar refractivity (Wildman–Crippen MR) is 76.3 cm³/mol. The molecule has 0 spiro atoms. The number of nitrogens with two attached hydrogens (primary N) is 1. The molecule has 0 unspecified atom stereocenters. The molecule has 112 valence electrons. The Morgan fingerprint density at radius 1 is 1.30 bits per heavy atom. The molecule has 1 saturated heterocycles. The first-order valence-corrected chi connectivity index (χ1v) is 7.98. The monoisotopic (exact) mass is 301 g/mol. The van der Waals surface area contributed by atoms with E-state index in [1.54, 1.807) is 0 Å². The summed E-state index contributed by atoms with van der Waals surface area (Å²) in [6, 6.07) is 4.05. The summed E-state index contributed by atoms with van der Waals surface area (Å²) in [6.07, 6.45) is 1.51. The predicted octanol–water partition coefficient (Wildman–Crippen LogP) is 1.12. The molecule has 0 radical (unpaired) electrons. The van der Waals surface area contributed by atoms with Gasteiger partial charge < -0.3 is 10.6 Å². The van der Waals surface area contributed by atoms with Crippen molar-refractivity contribution in [1.29, 1.82) is 0 Å². The van der Waals surface area contributed by atoms with Crippen molar-refractivity contribution in [2.45, 2.75) is 23.8 Å². The second-order valence-corrected chi connectivity index (χ2v) is 7.20. The van der Waals surface area contributed by atoms with Crippen LogP contribution < -0.4 is 5.73 Å². The Kier molecular flexibility index (Phi) is 4.31. The molecule has 5 nitrogen and oxygen atoms in total. The van der Waals surface area contributed by atoms with Gasteiger partial charge in [-0.15, -0.1) is 0 Å². The third kappa shape index (κ3) is 2.94. The zero-order valence-electron chi connectivity index (χ0n) is 11.7. The van der Waals surface area contributed by atoms with Crippen LogP contribution in [-0.2, 0) is 10.0 Å². The lowest BCUT2D eigenvalue weighted by Gasteiger charge is -2.34. The van der Waals surface area contributed by atoms with Gasteiger partial charge in [0.25, 0.3) is 0 Å². The molecule has 1 aliphatic rings. The van der Waals surface area contributed by atoms with Gasteiger partial charge >= 0.3 is 0 Å². The van der Waals surface area contributed by atoms with Crippen LogP contribution in [0, 0.1) is 5.82 Å². The fourth-order valence-electron chi connectivity index (χ4n) is 2.46. The van der Waals surface area contributed by atoms with Gasteiger partial charge in [0.05, 0.1) is 0 Å². The van der Waals surface area contributed by atoms with E-state index in [4.69, 9.17) is 5.73 Å². The molecule has 0 saturated carbocycles. The first kappa shape index (κ1) is 15.2. The van der Waals surface area contributed by atoms with Crippen LogP contribution in [0.15, 0.2) is 23.1 Å². The topological polar surface area (TPSA) is 66.6 Å². The van der Waals surface area contributed by atoms with Crippen molar-refractivity contribution in [2.24, 2.45) is 0 Å². The number of nitrogen functional groups attached to an aromatic ring is 1. The van der Waals surface area contributed by atoms with Gasteiger partial charge in [0.2, 0.25) is 10.0 Å². The van der Waals surface area contributed by atoms with Crippen LogP contribution in [0.2, 0.25) is 0 Å². The van der Waals surface area contributed by atoms with Gasteiger partial charge in [0, 0.05) is 24.8 Å². The Morgan fingerprint density at radius 3 is 2.40 bits per heavy atom. The second-order valence-electron chi connectivity index (χ2n) is 5.29. The van der Waals surface area contributed by atoms with Crippen LogP contribution >= 0.6 is 0 Å². The Bertz CT molecular complexity index is 581. The number of hydrogen-bond acceptors (Lipinski definition) is 4. The molecule has 0 bridgehead atoms. The molecule has 1 aromatic carbocycles. The number of rotatable bonds is 3. The number of benzene rings is 1. The molecule has 0 amide bonds. The molecule has 1 heterocycles. The maximum Gasteiger partial charge on any atom is 0.245 e. The van der Waals surface area contributed by atoms with Crippen LogP contribution in [0.25, 0.3) is 0 Å². The van der Waals surface area contributed by atoms with Crippen LogP contribution in [0.4, 0.5) is 10.1 Å². The number of anilines is 1. The number of hydrogen-bond donors (Lipinski definition) is 1. The zero-order chi connectivity index (χ0) is 14.9. The Balaban J connectivity index is 2.20. The minimum absolute atomic E-state index is 0.216. The molecule has 1 aliphatic heterocycles. The van der Waals surface area contributed by atoms with Crippen molar-refractivity contribution in [1.82, 2.24) is 9.21 Å². The minimum atomic E-state index is -3.77. The standard InChI is InChI=1S/C13H20FN3O2S/c1-16(2)11-5-7-17(8-6-11)20(18,19)13-4-3-10(15)9-12(13)14/h3-4,9,11H,5-8,15H2,1-2H3. The number of halogens is 1. The van der Waals surface area contributed by atoms with E-state index in [1.165, 1.54) is 16.4 Å². The summed E-state index contributed by atoms with van der Waals surface area (Å²) < 4.78 is 40.0. The van der Waals surface area contributed by atoms with E-state index < -0.39 is 15.8 Å². The van der Waals surface area contributed by atoms with Crippen molar-refractivity contribution in [3.05, 3.63) is 24.0 Å². The molecular weight excluding hydrogens is 281 g/mol. The van der Waals surface area contributed by atoms with Crippen molar-refractivity contribution < 1.29 is 12.8 Å². The highest BCUT2D eigenvalue weighted by Crippen LogP contribution is 2.25. The van der Waals surface area contributed by atoms with Gasteiger partial charge in [-0.2, -0.15) is 4.31 Å². The van der Waals surface area contributed by atoms with E-state index in [0.717, 1.165) is 18.9 Å². The molecule has 0 atom stereocenters. The van der Waals surface area contributed by atoms with E-state index >= 15 is 0 Å². The highest BCUT2D eigenvalue weighted by molar-refractivity contribution is 7.89. The Hall–Kier alpha value is -1.18. The van der Waals surface area contributed by atoms with Crippen LogP contribution in [-0.4, -0.2) is 50.8 Å². The Morgan fingerprint density at radius 2 is 1.90 bits per heavy atom. The third-order valence-corrected chi connectivity index (χ3v) is 5.66. The quantitative estimate of drug-likeness (QED) is 0.850. The van der Waals surface area contributed by atoms with E-state index in [-0.39, 0.29) is 10.6 Å². The van der Waals surface area contributed by atoms with Crippen molar-refractivity contribution in [2.75, 3.05) is 32.9 Å². The summed E-state index contributed by atoms with van der Waals surface area (Å²) in [6.45, 7) is 0.823. The molecule has 20 heavy (non-hydrogen) atoms. The maximum atomic E-state index is 13.8. The maximum absolute atomic E-state index is 13.8. The third-order valence-electron chi connectivity index (χ3n) is 3.73. The summed E-state index contributed by atoms with van der Waals surface area (Å²) in [5.74, 6) is -0.792. The first-order valence-electron chi connectivity index (χ1n) is 6.54. The highest BCUT2D eigenvalue weighted by Gasteiger charge is 2.31. The molecule has 2 rings (SSSR count). The van der Waals surface area contributed by atoms with Gasteiger partial charge in [-0.3, -0.25) is 0 Å². The first-order chi connectivity index (χ1) is 9.32. The highest BCUT2D eigenvalue weighted by atomic mass is 32.2. The van der Waals surface area contributed by atoms with Crippen molar-refractivity contribution in [3.63, 3.8) is 0 Å². The molecular formula is C13H20FN3O2S. The fraction of sp³-hybridized carbons (Fsp3) is 0.538. The van der Waals surface area contributed by atoms with E-state index in [9.17, 15) is 12.8 Å². The summed E-state index contributed by atoms with van der Waals surface area (Å²) in [5.41, 5.74) is 5.66. The lowest BCUT2D eigenvalue weighted by molar-refractivity contribution is 0.196. The van der Waals surface area contributed by atoms with Crippen molar-refractivity contribution in [3.8, 4) is 0 Å². The average Bonchev–Trinajstić information content (AvgIpc) is 2.38. The number of nitrogens with zero attached hydrogens (tertiary/aromatic N) is 2. The smallest absolute Gasteiger partial charge is 0.245 e. The number of piperidine rings is 1. The largest absolute Gasteiger partial charge is 0.399 e. The van der Waals surface area contributed by atoms with Crippen LogP contribution in [0.1, 0.15) is 12.8 Å². The Labute approximate surface area is 119 Å². The summed E-state index contributed by atoms with van der Waals surface area (Å²) in [4.78, 5) is 1.79. The molecule has 0 aromatic heterocycles. The van der Waals surface area contributed by atoms with Crippen molar-refractivity contribution >= 4 is 15.7 Å². The molecule has 2 N–H and O–H groups in total. The van der Waals surface area contributed by atoms with Gasteiger partial charge in [0.1, 0.15) is 10.7 Å². The summed E-state index contributed by atoms with van der Waals surface area (Å²) in [5, 5.41) is 0. The second kappa shape index (κ2) is 5.67. The summed E-state index contributed by atoms with van der Waals surface area (Å²) >= 11 is 0.